The lowest BCUT2D eigenvalue weighted by Gasteiger charge is -2.26. The molecule has 0 aromatic rings. The van der Waals surface area contributed by atoms with Crippen LogP contribution in [0.4, 0.5) is 4.79 Å². The Morgan fingerprint density at radius 2 is 1.93 bits per heavy atom. The fourth-order valence-electron chi connectivity index (χ4n) is 0.803. The van der Waals surface area contributed by atoms with Gasteiger partial charge in [0.15, 0.2) is 0 Å². The van der Waals surface area contributed by atoms with E-state index in [2.05, 4.69) is 4.74 Å². The van der Waals surface area contributed by atoms with Gasteiger partial charge in [0.05, 0.1) is 7.11 Å². The maximum atomic E-state index is 10.9. The number of methoxy groups -OCH3 is 1. The van der Waals surface area contributed by atoms with Gasteiger partial charge in [0.2, 0.25) is 0 Å². The molecule has 0 aliphatic heterocycles. The first-order chi connectivity index (χ1) is 6.41. The summed E-state index contributed by atoms with van der Waals surface area (Å²) in [6, 6.07) is 0. The maximum Gasteiger partial charge on any atom is 0.508 e. The second-order valence-electron chi connectivity index (χ2n) is 3.88. The van der Waals surface area contributed by atoms with E-state index in [-0.39, 0.29) is 5.41 Å². The van der Waals surface area contributed by atoms with E-state index in [1.54, 1.807) is 0 Å². The molecule has 0 aromatic carbocycles. The summed E-state index contributed by atoms with van der Waals surface area (Å²) in [5, 5.41) is 0. The monoisotopic (exact) mass is 200 g/mol. The Labute approximate surface area is 83.9 Å². The second kappa shape index (κ2) is 5.42. The third-order valence-electron chi connectivity index (χ3n) is 1.61. The Kier molecular flexibility index (Phi) is 4.91. The number of hydrogen-bond acceptors (Lipinski definition) is 4. The van der Waals surface area contributed by atoms with E-state index >= 15 is 0 Å². The highest BCUT2D eigenvalue weighted by atomic mass is 16.7. The summed E-state index contributed by atoms with van der Waals surface area (Å²) >= 11 is 0. The van der Waals surface area contributed by atoms with E-state index in [1.165, 1.54) is 19.3 Å². The minimum Gasteiger partial charge on any atom is -0.438 e. The van der Waals surface area contributed by atoms with Crippen molar-refractivity contribution in [3.63, 3.8) is 0 Å². The van der Waals surface area contributed by atoms with Crippen LogP contribution in [0.1, 0.15) is 20.8 Å². The van der Waals surface area contributed by atoms with Crippen LogP contribution in [0.3, 0.4) is 0 Å². The first-order valence-electron chi connectivity index (χ1n) is 4.28. The molecule has 0 spiro atoms. The lowest BCUT2D eigenvalue weighted by Crippen LogP contribution is -2.29. The van der Waals surface area contributed by atoms with Gasteiger partial charge in [-0.2, -0.15) is 0 Å². The van der Waals surface area contributed by atoms with Gasteiger partial charge in [-0.3, -0.25) is 4.79 Å². The highest BCUT2D eigenvalue weighted by Gasteiger charge is 2.26. The molecule has 80 valence electrons. The molecule has 14 heavy (non-hydrogen) atoms. The van der Waals surface area contributed by atoms with E-state index in [9.17, 15) is 9.59 Å². The van der Waals surface area contributed by atoms with E-state index in [4.69, 9.17) is 4.74 Å². The van der Waals surface area contributed by atoms with Crippen LogP contribution in [0.15, 0.2) is 12.2 Å². The fraction of sp³-hybridized carbons (Fsp3) is 0.600. The fourth-order valence-corrected chi connectivity index (χ4v) is 0.803. The van der Waals surface area contributed by atoms with Gasteiger partial charge in [-0.25, -0.2) is 4.79 Å². The molecule has 1 atom stereocenters. The van der Waals surface area contributed by atoms with Crippen molar-refractivity contribution in [2.75, 3.05) is 7.11 Å². The van der Waals surface area contributed by atoms with Crippen LogP contribution in [0, 0.1) is 5.41 Å². The van der Waals surface area contributed by atoms with Gasteiger partial charge in [0.1, 0.15) is 12.4 Å². The smallest absolute Gasteiger partial charge is 0.438 e. The molecule has 0 aliphatic carbocycles. The van der Waals surface area contributed by atoms with Gasteiger partial charge in [0, 0.05) is 5.41 Å². The lowest BCUT2D eigenvalue weighted by atomic mass is 9.89. The summed E-state index contributed by atoms with van der Waals surface area (Å²) in [6.07, 6.45) is 2.25. The van der Waals surface area contributed by atoms with Crippen molar-refractivity contribution in [3.8, 4) is 0 Å². The SMILES string of the molecule is COC(=O)OC(/C=C/C=O)C(C)(C)C. The summed E-state index contributed by atoms with van der Waals surface area (Å²) in [4.78, 5) is 21.0. The van der Waals surface area contributed by atoms with Gasteiger partial charge < -0.3 is 9.47 Å². The predicted octanol–water partition coefficient (Wildman–Crippen LogP) is 1.94. The van der Waals surface area contributed by atoms with E-state index in [0.29, 0.717) is 6.29 Å². The molecule has 0 radical (unpaired) electrons. The maximum absolute atomic E-state index is 10.9. The van der Waals surface area contributed by atoms with Crippen molar-refractivity contribution in [2.24, 2.45) is 5.41 Å². The molecule has 0 N–H and O–H groups in total. The summed E-state index contributed by atoms with van der Waals surface area (Å²) in [6.45, 7) is 5.70. The van der Waals surface area contributed by atoms with Gasteiger partial charge in [-0.15, -0.1) is 0 Å². The Hall–Kier alpha value is -1.32. The highest BCUT2D eigenvalue weighted by molar-refractivity contribution is 5.65. The molecule has 0 rings (SSSR count). The van der Waals surface area contributed by atoms with E-state index in [0.717, 1.165) is 0 Å². The average Bonchev–Trinajstić information content (AvgIpc) is 2.09. The second-order valence-corrected chi connectivity index (χ2v) is 3.88. The van der Waals surface area contributed by atoms with E-state index in [1.807, 2.05) is 20.8 Å². The molecule has 0 saturated carbocycles. The molecule has 1 unspecified atom stereocenters. The number of aldehydes is 1. The molecular weight excluding hydrogens is 184 g/mol. The first-order valence-corrected chi connectivity index (χ1v) is 4.28. The summed E-state index contributed by atoms with van der Waals surface area (Å²) in [7, 11) is 1.24. The zero-order valence-electron chi connectivity index (χ0n) is 8.94. The van der Waals surface area contributed by atoms with Crippen molar-refractivity contribution < 1.29 is 19.1 Å². The minimum atomic E-state index is -0.750. The zero-order chi connectivity index (χ0) is 11.2. The normalized spacial score (nSPS) is 13.7. The van der Waals surface area contributed by atoms with Crippen LogP contribution >= 0.6 is 0 Å². The Morgan fingerprint density at radius 1 is 1.36 bits per heavy atom. The molecule has 0 bridgehead atoms. The minimum absolute atomic E-state index is 0.270. The Morgan fingerprint density at radius 3 is 2.29 bits per heavy atom. The number of carbonyl (C=O) groups is 2. The topological polar surface area (TPSA) is 52.6 Å². The number of rotatable bonds is 3. The number of allylic oxidation sites excluding steroid dienone is 1. The zero-order valence-corrected chi connectivity index (χ0v) is 8.94. The Bertz CT molecular complexity index is 225. The lowest BCUT2D eigenvalue weighted by molar-refractivity contribution is -0.104. The van der Waals surface area contributed by atoms with Crippen LogP contribution in [-0.2, 0) is 14.3 Å². The van der Waals surface area contributed by atoms with Crippen molar-refractivity contribution in [3.05, 3.63) is 12.2 Å². The standard InChI is InChI=1S/C10H16O4/c1-10(2,3)8(6-5-7-11)14-9(12)13-4/h5-8H,1-4H3/b6-5+. The molecule has 4 heteroatoms. The molecular formula is C10H16O4. The van der Waals surface area contributed by atoms with Crippen LogP contribution in [0.2, 0.25) is 0 Å². The van der Waals surface area contributed by atoms with Crippen LogP contribution in [0.25, 0.3) is 0 Å². The molecule has 4 nitrogen and oxygen atoms in total. The summed E-state index contributed by atoms with van der Waals surface area (Å²) in [5.74, 6) is 0. The van der Waals surface area contributed by atoms with Crippen LogP contribution in [0.5, 0.6) is 0 Å². The molecule has 0 saturated heterocycles. The summed E-state index contributed by atoms with van der Waals surface area (Å²) in [5.41, 5.74) is -0.270. The van der Waals surface area contributed by atoms with Gasteiger partial charge in [-0.1, -0.05) is 20.8 Å². The average molecular weight is 200 g/mol. The first kappa shape index (κ1) is 12.7. The summed E-state index contributed by atoms with van der Waals surface area (Å²) < 4.78 is 9.33. The predicted molar refractivity (Wildman–Crippen MR) is 51.9 cm³/mol. The molecule has 0 heterocycles. The van der Waals surface area contributed by atoms with Crippen LogP contribution in [-0.4, -0.2) is 25.7 Å². The molecule has 0 aliphatic rings. The third kappa shape index (κ3) is 4.64. The van der Waals surface area contributed by atoms with Crippen LogP contribution < -0.4 is 0 Å². The molecule has 0 amide bonds. The Balaban J connectivity index is 4.48. The third-order valence-corrected chi connectivity index (χ3v) is 1.61. The van der Waals surface area contributed by atoms with Gasteiger partial charge in [0.25, 0.3) is 0 Å². The van der Waals surface area contributed by atoms with Crippen molar-refractivity contribution in [1.29, 1.82) is 0 Å². The number of carbonyl (C=O) groups excluding carboxylic acids is 2. The largest absolute Gasteiger partial charge is 0.508 e. The van der Waals surface area contributed by atoms with Crippen molar-refractivity contribution >= 4 is 12.4 Å². The van der Waals surface area contributed by atoms with E-state index < -0.39 is 12.3 Å². The van der Waals surface area contributed by atoms with Gasteiger partial charge in [-0.05, 0) is 12.2 Å². The van der Waals surface area contributed by atoms with Crippen molar-refractivity contribution in [2.45, 2.75) is 26.9 Å². The molecule has 0 fully saturated rings. The van der Waals surface area contributed by atoms with Crippen molar-refractivity contribution in [1.82, 2.24) is 0 Å². The highest BCUT2D eigenvalue weighted by Crippen LogP contribution is 2.23. The quantitative estimate of drug-likeness (QED) is 0.397. The molecule has 0 aromatic heterocycles. The number of ether oxygens (including phenoxy) is 2. The van der Waals surface area contributed by atoms with Gasteiger partial charge >= 0.3 is 6.16 Å². The number of hydrogen-bond donors (Lipinski definition) is 0.